The summed E-state index contributed by atoms with van der Waals surface area (Å²) in [5.41, 5.74) is 0.928. The van der Waals surface area contributed by atoms with Crippen molar-refractivity contribution in [2.75, 3.05) is 76.9 Å². The molecule has 0 bridgehead atoms. The molecule has 2 aliphatic rings. The molecular formula is C28H36ClN7O6. The van der Waals surface area contributed by atoms with Crippen LogP contribution in [0.2, 0.25) is 5.15 Å². The van der Waals surface area contributed by atoms with E-state index >= 15 is 0 Å². The van der Waals surface area contributed by atoms with Crippen molar-refractivity contribution >= 4 is 46.2 Å². The van der Waals surface area contributed by atoms with Gasteiger partial charge in [0.25, 0.3) is 0 Å². The molecule has 4 heterocycles. The van der Waals surface area contributed by atoms with Gasteiger partial charge in [-0.1, -0.05) is 11.6 Å². The number of rotatable bonds is 6. The number of aromatic nitrogens is 3. The summed E-state index contributed by atoms with van der Waals surface area (Å²) in [7, 11) is 3.61. The third-order valence-electron chi connectivity index (χ3n) is 6.95. The predicted molar refractivity (Wildman–Crippen MR) is 158 cm³/mol. The van der Waals surface area contributed by atoms with Gasteiger partial charge in [0.2, 0.25) is 0 Å². The number of benzene rings is 1. The number of likely N-dealkylation sites (N-methyl/N-ethyl adjacent to an activating group) is 1. The van der Waals surface area contributed by atoms with Crippen molar-refractivity contribution < 1.29 is 28.5 Å². The number of carbonyl (C=O) groups excluding carboxylic acids is 2. The molecule has 0 radical (unpaired) electrons. The Hall–Kier alpha value is -3.81. The van der Waals surface area contributed by atoms with E-state index in [1.54, 1.807) is 22.9 Å². The zero-order valence-electron chi connectivity index (χ0n) is 24.5. The van der Waals surface area contributed by atoms with Gasteiger partial charge in [-0.05, 0) is 27.8 Å². The molecule has 1 N–H and O–H groups in total. The van der Waals surface area contributed by atoms with Gasteiger partial charge in [-0.15, -0.1) is 5.10 Å². The highest BCUT2D eigenvalue weighted by atomic mass is 35.5. The number of fused-ring (bicyclic) bond motifs is 2. The maximum atomic E-state index is 12.9. The SMILES string of the molecule is COc1cc2c(cc1-n1nc(NC(=O)OCCN3CCN(C)CC3)c3cnc(Cl)cc31)OCCN2C(=O)OC(C)(C)C. The third-order valence-corrected chi connectivity index (χ3v) is 7.16. The van der Waals surface area contributed by atoms with Crippen molar-refractivity contribution in [2.24, 2.45) is 0 Å². The lowest BCUT2D eigenvalue weighted by Crippen LogP contribution is -2.45. The Morgan fingerprint density at radius 2 is 1.86 bits per heavy atom. The number of methoxy groups -OCH3 is 1. The van der Waals surface area contributed by atoms with Crippen LogP contribution in [0.4, 0.5) is 21.1 Å². The van der Waals surface area contributed by atoms with Crippen molar-refractivity contribution in [3.63, 3.8) is 0 Å². The number of ether oxygens (including phenoxy) is 4. The Labute approximate surface area is 249 Å². The quantitative estimate of drug-likeness (QED) is 0.414. The largest absolute Gasteiger partial charge is 0.494 e. The van der Waals surface area contributed by atoms with Crippen LogP contribution in [-0.2, 0) is 9.47 Å². The van der Waals surface area contributed by atoms with Crippen LogP contribution in [0.3, 0.4) is 0 Å². The smallest absolute Gasteiger partial charge is 0.415 e. The molecule has 42 heavy (non-hydrogen) atoms. The summed E-state index contributed by atoms with van der Waals surface area (Å²) in [4.78, 5) is 35.9. The maximum absolute atomic E-state index is 12.9. The molecule has 0 saturated carbocycles. The highest BCUT2D eigenvalue weighted by Crippen LogP contribution is 2.41. The van der Waals surface area contributed by atoms with Gasteiger partial charge < -0.3 is 23.8 Å². The lowest BCUT2D eigenvalue weighted by atomic mass is 10.2. The minimum Gasteiger partial charge on any atom is -0.494 e. The number of amides is 2. The van der Waals surface area contributed by atoms with Gasteiger partial charge in [-0.3, -0.25) is 15.1 Å². The van der Waals surface area contributed by atoms with E-state index in [4.69, 9.17) is 30.5 Å². The van der Waals surface area contributed by atoms with E-state index in [1.807, 2.05) is 20.8 Å². The lowest BCUT2D eigenvalue weighted by Gasteiger charge is -2.32. The molecule has 3 aromatic rings. The zero-order chi connectivity index (χ0) is 30.0. The highest BCUT2D eigenvalue weighted by Gasteiger charge is 2.30. The second-order valence-corrected chi connectivity index (χ2v) is 11.5. The molecular weight excluding hydrogens is 566 g/mol. The lowest BCUT2D eigenvalue weighted by molar-refractivity contribution is 0.0567. The molecule has 226 valence electrons. The summed E-state index contributed by atoms with van der Waals surface area (Å²) in [6.45, 7) is 10.8. The Morgan fingerprint density at radius 1 is 1.10 bits per heavy atom. The van der Waals surface area contributed by atoms with Gasteiger partial charge in [0, 0.05) is 57.1 Å². The molecule has 2 amide bonds. The average Bonchev–Trinajstić information content (AvgIpc) is 3.28. The summed E-state index contributed by atoms with van der Waals surface area (Å²) < 4.78 is 24.3. The number of anilines is 2. The second kappa shape index (κ2) is 12.2. The van der Waals surface area contributed by atoms with E-state index in [0.29, 0.717) is 46.9 Å². The molecule has 2 aromatic heterocycles. The highest BCUT2D eigenvalue weighted by molar-refractivity contribution is 6.30. The normalized spacial score (nSPS) is 16.1. The van der Waals surface area contributed by atoms with Gasteiger partial charge in [0.15, 0.2) is 5.82 Å². The summed E-state index contributed by atoms with van der Waals surface area (Å²) in [5, 5.41) is 8.19. The maximum Gasteiger partial charge on any atom is 0.415 e. The first-order valence-corrected chi connectivity index (χ1v) is 14.1. The number of nitrogens with one attached hydrogen (secondary N) is 1. The van der Waals surface area contributed by atoms with Crippen LogP contribution in [0.15, 0.2) is 24.4 Å². The van der Waals surface area contributed by atoms with Crippen molar-refractivity contribution in [1.29, 1.82) is 0 Å². The molecule has 14 heteroatoms. The molecule has 0 atom stereocenters. The van der Waals surface area contributed by atoms with Gasteiger partial charge in [0.1, 0.15) is 41.2 Å². The van der Waals surface area contributed by atoms with Crippen LogP contribution >= 0.6 is 11.6 Å². The van der Waals surface area contributed by atoms with E-state index < -0.39 is 17.8 Å². The average molecular weight is 602 g/mol. The zero-order valence-corrected chi connectivity index (χ0v) is 25.2. The van der Waals surface area contributed by atoms with Crippen molar-refractivity contribution in [2.45, 2.75) is 26.4 Å². The summed E-state index contributed by atoms with van der Waals surface area (Å²) in [6, 6.07) is 5.06. The van der Waals surface area contributed by atoms with Crippen molar-refractivity contribution in [3.05, 3.63) is 29.5 Å². The third kappa shape index (κ3) is 6.63. The van der Waals surface area contributed by atoms with Crippen LogP contribution in [0.25, 0.3) is 16.6 Å². The first-order chi connectivity index (χ1) is 20.0. The molecule has 0 unspecified atom stereocenters. The van der Waals surface area contributed by atoms with E-state index in [9.17, 15) is 9.59 Å². The summed E-state index contributed by atoms with van der Waals surface area (Å²) in [6.07, 6.45) is 0.424. The molecule has 5 rings (SSSR count). The number of hydrogen-bond acceptors (Lipinski definition) is 10. The molecule has 1 aromatic carbocycles. The standard InChI is InChI=1S/C28H36ClN7O6/c1-28(2,3)42-27(38)35-11-13-40-23-15-21(22(39-5)14-20(23)35)36-19-16-24(29)30-17-18(19)25(32-36)31-26(37)41-12-10-34-8-6-33(4)7-9-34/h14-17H,6-13H2,1-5H3,(H,31,32,37). The summed E-state index contributed by atoms with van der Waals surface area (Å²) in [5.74, 6) is 1.10. The van der Waals surface area contributed by atoms with E-state index in [2.05, 4.69) is 32.2 Å². The van der Waals surface area contributed by atoms with E-state index in [-0.39, 0.29) is 24.2 Å². The van der Waals surface area contributed by atoms with Gasteiger partial charge in [-0.25, -0.2) is 19.3 Å². The van der Waals surface area contributed by atoms with Gasteiger partial charge in [-0.2, -0.15) is 0 Å². The number of piperazine rings is 1. The fourth-order valence-electron chi connectivity index (χ4n) is 4.80. The Morgan fingerprint density at radius 3 is 2.57 bits per heavy atom. The summed E-state index contributed by atoms with van der Waals surface area (Å²) >= 11 is 6.25. The Bertz CT molecular complexity index is 1470. The second-order valence-electron chi connectivity index (χ2n) is 11.2. The van der Waals surface area contributed by atoms with Crippen LogP contribution in [0.1, 0.15) is 20.8 Å². The molecule has 13 nitrogen and oxygen atoms in total. The monoisotopic (exact) mass is 601 g/mol. The number of carbonyl (C=O) groups is 2. The van der Waals surface area contributed by atoms with E-state index in [0.717, 1.165) is 26.2 Å². The minimum atomic E-state index is -0.657. The first-order valence-electron chi connectivity index (χ1n) is 13.8. The molecule has 2 aliphatic heterocycles. The van der Waals surface area contributed by atoms with E-state index in [1.165, 1.54) is 18.2 Å². The van der Waals surface area contributed by atoms with Crippen LogP contribution in [0.5, 0.6) is 11.5 Å². The van der Waals surface area contributed by atoms with Crippen LogP contribution in [0, 0.1) is 0 Å². The Balaban J connectivity index is 1.41. The number of hydrogen-bond donors (Lipinski definition) is 1. The number of nitrogens with zero attached hydrogens (tertiary/aromatic N) is 6. The van der Waals surface area contributed by atoms with Gasteiger partial charge in [0.05, 0.1) is 30.2 Å². The van der Waals surface area contributed by atoms with Crippen LogP contribution < -0.4 is 19.7 Å². The van der Waals surface area contributed by atoms with Crippen molar-refractivity contribution in [3.8, 4) is 17.2 Å². The molecule has 0 spiro atoms. The fraction of sp³-hybridized carbons (Fsp3) is 0.500. The van der Waals surface area contributed by atoms with Crippen molar-refractivity contribution in [1.82, 2.24) is 24.6 Å². The Kier molecular flexibility index (Phi) is 8.62. The van der Waals surface area contributed by atoms with Gasteiger partial charge >= 0.3 is 12.2 Å². The first kappa shape index (κ1) is 29.7. The molecule has 1 saturated heterocycles. The number of halogens is 1. The molecule has 0 aliphatic carbocycles. The topological polar surface area (TPSA) is 124 Å². The minimum absolute atomic E-state index is 0.245. The number of pyridine rings is 1. The predicted octanol–water partition coefficient (Wildman–Crippen LogP) is 4.01. The van der Waals surface area contributed by atoms with Crippen LogP contribution in [-0.4, -0.2) is 109 Å². The molecule has 1 fully saturated rings. The fourth-order valence-corrected chi connectivity index (χ4v) is 4.95.